The van der Waals surface area contributed by atoms with E-state index in [9.17, 15) is 15.0 Å². The van der Waals surface area contributed by atoms with Gasteiger partial charge in [-0.3, -0.25) is 4.79 Å². The Morgan fingerprint density at radius 1 is 1.35 bits per heavy atom. The molecule has 0 saturated carbocycles. The number of hydrogen-bond acceptors (Lipinski definition) is 6. The second kappa shape index (κ2) is 3.86. The van der Waals surface area contributed by atoms with E-state index >= 15 is 0 Å². The molecule has 2 aliphatic heterocycles. The van der Waals surface area contributed by atoms with Crippen LogP contribution >= 0.6 is 0 Å². The number of aliphatic hydroxyl groups is 2. The van der Waals surface area contributed by atoms with Crippen LogP contribution in [0.1, 0.15) is 13.8 Å². The van der Waals surface area contributed by atoms with Crippen molar-refractivity contribution in [1.82, 2.24) is 0 Å². The molecule has 0 spiro atoms. The van der Waals surface area contributed by atoms with Crippen LogP contribution in [0.5, 0.6) is 0 Å². The molecule has 0 bridgehead atoms. The molecule has 2 saturated heterocycles. The summed E-state index contributed by atoms with van der Waals surface area (Å²) in [6.45, 7) is 6.72. The van der Waals surface area contributed by atoms with E-state index in [1.54, 1.807) is 13.8 Å². The Bertz CT molecular complexity index is 341. The minimum absolute atomic E-state index is 0.363. The molecule has 6 heteroatoms. The first kappa shape index (κ1) is 12.7. The molecule has 6 nitrogen and oxygen atoms in total. The SMILES string of the molecule is C=C[C@@H](O)[C@]1(C=O)O[C@@H]2OC(C)(C)O[C@@H]2[C@@H]1O. The van der Waals surface area contributed by atoms with E-state index in [1.165, 1.54) is 0 Å². The Labute approximate surface area is 98.8 Å². The van der Waals surface area contributed by atoms with Gasteiger partial charge in [0.25, 0.3) is 0 Å². The van der Waals surface area contributed by atoms with Gasteiger partial charge in [0.05, 0.1) is 0 Å². The average Bonchev–Trinajstić information content (AvgIpc) is 2.70. The minimum Gasteiger partial charge on any atom is -0.387 e. The van der Waals surface area contributed by atoms with Gasteiger partial charge in [0.2, 0.25) is 0 Å². The first-order valence-electron chi connectivity index (χ1n) is 5.35. The standard InChI is InChI=1S/C11H16O6/c1-4-6(13)11(5-12)8(14)7-9(17-11)16-10(2,3)15-7/h4-9,13-14H,1H2,2-3H3/t6-,7-,8+,9+,11+/m1/s1. The fraction of sp³-hybridized carbons (Fsp3) is 0.727. The van der Waals surface area contributed by atoms with Crippen LogP contribution in [0.3, 0.4) is 0 Å². The van der Waals surface area contributed by atoms with Crippen LogP contribution in [0.15, 0.2) is 12.7 Å². The lowest BCUT2D eigenvalue weighted by atomic mass is 9.91. The van der Waals surface area contributed by atoms with Gasteiger partial charge in [-0.15, -0.1) is 6.58 Å². The highest BCUT2D eigenvalue weighted by Crippen LogP contribution is 2.42. The third-order valence-electron chi connectivity index (χ3n) is 3.05. The van der Waals surface area contributed by atoms with Crippen molar-refractivity contribution in [2.45, 2.75) is 49.8 Å². The largest absolute Gasteiger partial charge is 0.387 e. The highest BCUT2D eigenvalue weighted by molar-refractivity contribution is 5.67. The molecule has 0 unspecified atom stereocenters. The molecule has 96 valence electrons. The molecular weight excluding hydrogens is 228 g/mol. The van der Waals surface area contributed by atoms with Gasteiger partial charge in [-0.25, -0.2) is 0 Å². The van der Waals surface area contributed by atoms with Crippen LogP contribution in [-0.4, -0.2) is 52.5 Å². The summed E-state index contributed by atoms with van der Waals surface area (Å²) < 4.78 is 16.2. The van der Waals surface area contributed by atoms with Crippen LogP contribution in [0.2, 0.25) is 0 Å². The summed E-state index contributed by atoms with van der Waals surface area (Å²) in [5.41, 5.74) is -1.77. The van der Waals surface area contributed by atoms with Crippen molar-refractivity contribution in [2.75, 3.05) is 0 Å². The fourth-order valence-electron chi connectivity index (χ4n) is 2.19. The normalized spacial score (nSPS) is 45.3. The maximum atomic E-state index is 11.1. The lowest BCUT2D eigenvalue weighted by Crippen LogP contribution is -2.54. The monoisotopic (exact) mass is 244 g/mol. The van der Waals surface area contributed by atoms with Crippen molar-refractivity contribution in [3.63, 3.8) is 0 Å². The minimum atomic E-state index is -1.77. The number of aldehydes is 1. The number of rotatable bonds is 3. The van der Waals surface area contributed by atoms with E-state index in [-0.39, 0.29) is 0 Å². The van der Waals surface area contributed by atoms with Crippen molar-refractivity contribution in [3.8, 4) is 0 Å². The smallest absolute Gasteiger partial charge is 0.191 e. The van der Waals surface area contributed by atoms with Gasteiger partial charge in [0.15, 0.2) is 24.0 Å². The zero-order valence-corrected chi connectivity index (χ0v) is 9.70. The van der Waals surface area contributed by atoms with Crippen molar-refractivity contribution >= 4 is 6.29 Å². The lowest BCUT2D eigenvalue weighted by molar-refractivity contribution is -0.244. The number of aliphatic hydroxyl groups excluding tert-OH is 2. The van der Waals surface area contributed by atoms with Crippen LogP contribution in [0.25, 0.3) is 0 Å². The van der Waals surface area contributed by atoms with E-state index in [4.69, 9.17) is 14.2 Å². The molecule has 2 rings (SSSR count). The molecule has 2 N–H and O–H groups in total. The maximum Gasteiger partial charge on any atom is 0.191 e. The third-order valence-corrected chi connectivity index (χ3v) is 3.05. The van der Waals surface area contributed by atoms with Crippen LogP contribution in [0.4, 0.5) is 0 Å². The van der Waals surface area contributed by atoms with Gasteiger partial charge in [-0.05, 0) is 13.8 Å². The van der Waals surface area contributed by atoms with Crippen LogP contribution in [-0.2, 0) is 19.0 Å². The van der Waals surface area contributed by atoms with Crippen molar-refractivity contribution in [3.05, 3.63) is 12.7 Å². The molecule has 2 fully saturated rings. The van der Waals surface area contributed by atoms with E-state index in [1.807, 2.05) is 0 Å². The number of ether oxygens (including phenoxy) is 3. The summed E-state index contributed by atoms with van der Waals surface area (Å²) in [6.07, 6.45) is -2.81. The quantitative estimate of drug-likeness (QED) is 0.506. The maximum absolute atomic E-state index is 11.1. The second-order valence-electron chi connectivity index (χ2n) is 4.68. The van der Waals surface area contributed by atoms with E-state index < -0.39 is 36.0 Å². The molecule has 0 radical (unpaired) electrons. The zero-order valence-electron chi connectivity index (χ0n) is 9.70. The van der Waals surface area contributed by atoms with Crippen LogP contribution in [0, 0.1) is 0 Å². The van der Waals surface area contributed by atoms with Crippen molar-refractivity contribution in [1.29, 1.82) is 0 Å². The molecule has 17 heavy (non-hydrogen) atoms. The summed E-state index contributed by atoms with van der Waals surface area (Å²) in [6, 6.07) is 0. The highest BCUT2D eigenvalue weighted by Gasteiger charge is 2.63. The number of carbonyl (C=O) groups excluding carboxylic acids is 1. The summed E-state index contributed by atoms with van der Waals surface area (Å²) in [5.74, 6) is -0.884. The second-order valence-corrected chi connectivity index (χ2v) is 4.68. The highest BCUT2D eigenvalue weighted by atomic mass is 16.8. The van der Waals surface area contributed by atoms with Gasteiger partial charge in [-0.2, -0.15) is 0 Å². The number of fused-ring (bicyclic) bond motifs is 1. The van der Waals surface area contributed by atoms with E-state index in [2.05, 4.69) is 6.58 Å². The lowest BCUT2D eigenvalue weighted by Gasteiger charge is -2.32. The molecule has 0 aromatic heterocycles. The Hall–Kier alpha value is -0.790. The molecule has 2 aliphatic rings. The molecular formula is C11H16O6. The van der Waals surface area contributed by atoms with Gasteiger partial charge >= 0.3 is 0 Å². The predicted octanol–water partition coefficient (Wildman–Crippen LogP) is -0.660. The zero-order chi connectivity index (χ0) is 12.8. The van der Waals surface area contributed by atoms with Gasteiger partial charge in [0, 0.05) is 0 Å². The Kier molecular flexibility index (Phi) is 2.87. The molecule has 2 heterocycles. The first-order chi connectivity index (χ1) is 7.86. The van der Waals surface area contributed by atoms with Gasteiger partial charge in [0.1, 0.15) is 18.3 Å². The van der Waals surface area contributed by atoms with E-state index in [0.29, 0.717) is 6.29 Å². The number of hydrogen-bond donors (Lipinski definition) is 2. The summed E-state index contributed by atoms with van der Waals surface area (Å²) >= 11 is 0. The summed E-state index contributed by atoms with van der Waals surface area (Å²) in [4.78, 5) is 11.1. The van der Waals surface area contributed by atoms with Crippen molar-refractivity contribution < 1.29 is 29.2 Å². The summed E-state index contributed by atoms with van der Waals surface area (Å²) in [7, 11) is 0. The molecule has 0 aliphatic carbocycles. The molecule has 0 aromatic carbocycles. The summed E-state index contributed by atoms with van der Waals surface area (Å²) in [5, 5.41) is 19.8. The van der Waals surface area contributed by atoms with Crippen molar-refractivity contribution in [2.24, 2.45) is 0 Å². The molecule has 0 aromatic rings. The van der Waals surface area contributed by atoms with Gasteiger partial charge < -0.3 is 24.4 Å². The Morgan fingerprint density at radius 2 is 2.00 bits per heavy atom. The Morgan fingerprint density at radius 3 is 2.47 bits per heavy atom. The average molecular weight is 244 g/mol. The van der Waals surface area contributed by atoms with Crippen LogP contribution < -0.4 is 0 Å². The molecule has 0 amide bonds. The predicted molar refractivity (Wildman–Crippen MR) is 55.9 cm³/mol. The molecule has 5 atom stereocenters. The first-order valence-corrected chi connectivity index (χ1v) is 5.35. The van der Waals surface area contributed by atoms with E-state index in [0.717, 1.165) is 6.08 Å². The topological polar surface area (TPSA) is 85.2 Å². The van der Waals surface area contributed by atoms with Gasteiger partial charge in [-0.1, -0.05) is 6.08 Å². The number of carbonyl (C=O) groups is 1. The fourth-order valence-corrected chi connectivity index (χ4v) is 2.19. The Balaban J connectivity index is 2.27. The third kappa shape index (κ3) is 1.73.